The van der Waals surface area contributed by atoms with Crippen molar-refractivity contribution >= 4 is 17.7 Å². The zero-order valence-electron chi connectivity index (χ0n) is 11.7. The molecule has 0 saturated heterocycles. The number of carboxylic acid groups (broad SMARTS) is 1. The zero-order chi connectivity index (χ0) is 14.7. The van der Waals surface area contributed by atoms with E-state index in [1.807, 2.05) is 19.2 Å². The Bertz CT molecular complexity index is 587. The maximum absolute atomic E-state index is 10.5. The van der Waals surface area contributed by atoms with E-state index in [9.17, 15) is 10.1 Å². The third kappa shape index (κ3) is 3.39. The van der Waals surface area contributed by atoms with Gasteiger partial charge in [0.15, 0.2) is 0 Å². The molecule has 20 heavy (non-hydrogen) atoms. The minimum Gasteiger partial charge on any atom is -0.478 e. The minimum absolute atomic E-state index is 0.577. The topological polar surface area (TPSA) is 64.3 Å². The number of rotatable bonds is 5. The number of anilines is 1. The summed E-state index contributed by atoms with van der Waals surface area (Å²) >= 11 is 0. The zero-order valence-corrected chi connectivity index (χ0v) is 11.7. The first-order valence-corrected chi connectivity index (χ1v) is 6.67. The van der Waals surface area contributed by atoms with Crippen LogP contribution in [-0.4, -0.2) is 24.7 Å². The summed E-state index contributed by atoms with van der Waals surface area (Å²) in [6.07, 6.45) is 3.83. The largest absolute Gasteiger partial charge is 0.478 e. The Hall–Kier alpha value is -2.28. The van der Waals surface area contributed by atoms with Gasteiger partial charge in [0.25, 0.3) is 0 Å². The standard InChI is InChI=1S/C16H18N2O2/c1-11-7-14(11)10-18(2)15-5-3-12(4-6-16(19)20)8-13(15)9-17/h3-6,8,11,14H,7,10H2,1-2H3,(H,19,20)/b6-4+. The van der Waals surface area contributed by atoms with Crippen molar-refractivity contribution in [3.05, 3.63) is 35.4 Å². The first kappa shape index (κ1) is 14.1. The van der Waals surface area contributed by atoms with E-state index in [-0.39, 0.29) is 0 Å². The Balaban J connectivity index is 2.17. The molecule has 1 aliphatic carbocycles. The molecule has 1 N–H and O–H groups in total. The lowest BCUT2D eigenvalue weighted by Crippen LogP contribution is -2.21. The van der Waals surface area contributed by atoms with E-state index in [2.05, 4.69) is 17.9 Å². The van der Waals surface area contributed by atoms with Crippen LogP contribution in [0.15, 0.2) is 24.3 Å². The molecule has 2 unspecified atom stereocenters. The van der Waals surface area contributed by atoms with Crippen molar-refractivity contribution in [3.63, 3.8) is 0 Å². The van der Waals surface area contributed by atoms with Crippen molar-refractivity contribution in [3.8, 4) is 6.07 Å². The summed E-state index contributed by atoms with van der Waals surface area (Å²) in [6.45, 7) is 3.20. The first-order valence-electron chi connectivity index (χ1n) is 6.67. The summed E-state index contributed by atoms with van der Waals surface area (Å²) in [5.41, 5.74) is 2.20. The highest BCUT2D eigenvalue weighted by molar-refractivity contribution is 5.85. The lowest BCUT2D eigenvalue weighted by Gasteiger charge is -2.20. The van der Waals surface area contributed by atoms with Crippen LogP contribution in [0.4, 0.5) is 5.69 Å². The second-order valence-electron chi connectivity index (χ2n) is 5.41. The molecule has 1 aromatic rings. The molecule has 0 spiro atoms. The van der Waals surface area contributed by atoms with Crippen LogP contribution >= 0.6 is 0 Å². The van der Waals surface area contributed by atoms with Crippen molar-refractivity contribution in [2.75, 3.05) is 18.5 Å². The highest BCUT2D eigenvalue weighted by Gasteiger charge is 2.33. The molecule has 0 bridgehead atoms. The third-order valence-corrected chi connectivity index (χ3v) is 3.76. The fourth-order valence-corrected chi connectivity index (χ4v) is 2.35. The maximum Gasteiger partial charge on any atom is 0.328 e. The summed E-state index contributed by atoms with van der Waals surface area (Å²) in [4.78, 5) is 12.6. The monoisotopic (exact) mass is 270 g/mol. The molecular formula is C16H18N2O2. The molecular weight excluding hydrogens is 252 g/mol. The third-order valence-electron chi connectivity index (χ3n) is 3.76. The van der Waals surface area contributed by atoms with Gasteiger partial charge in [0.2, 0.25) is 0 Å². The summed E-state index contributed by atoms with van der Waals surface area (Å²) in [6, 6.07) is 7.63. The number of nitrogens with zero attached hydrogens (tertiary/aromatic N) is 2. The normalized spacial score (nSPS) is 20.6. The average molecular weight is 270 g/mol. The summed E-state index contributed by atoms with van der Waals surface area (Å²) < 4.78 is 0. The summed E-state index contributed by atoms with van der Waals surface area (Å²) in [5.74, 6) is 0.506. The Morgan fingerprint density at radius 3 is 2.85 bits per heavy atom. The lowest BCUT2D eigenvalue weighted by atomic mass is 10.1. The first-order chi connectivity index (χ1) is 9.51. The molecule has 1 fully saturated rings. The number of hydrogen-bond acceptors (Lipinski definition) is 3. The van der Waals surface area contributed by atoms with Gasteiger partial charge in [-0.2, -0.15) is 5.26 Å². The Labute approximate surface area is 118 Å². The van der Waals surface area contributed by atoms with Gasteiger partial charge in [0, 0.05) is 19.7 Å². The van der Waals surface area contributed by atoms with Crippen LogP contribution in [0.3, 0.4) is 0 Å². The van der Waals surface area contributed by atoms with Crippen LogP contribution < -0.4 is 4.90 Å². The van der Waals surface area contributed by atoms with Gasteiger partial charge in [0.1, 0.15) is 6.07 Å². The Kier molecular flexibility index (Phi) is 4.09. The van der Waals surface area contributed by atoms with Crippen LogP contribution in [-0.2, 0) is 4.79 Å². The second-order valence-corrected chi connectivity index (χ2v) is 5.41. The number of hydrogen-bond donors (Lipinski definition) is 1. The van der Waals surface area contributed by atoms with Crippen molar-refractivity contribution in [1.82, 2.24) is 0 Å². The molecule has 4 heteroatoms. The predicted molar refractivity (Wildman–Crippen MR) is 78.4 cm³/mol. The van der Waals surface area contributed by atoms with Crippen LogP contribution in [0.25, 0.3) is 6.08 Å². The van der Waals surface area contributed by atoms with Crippen molar-refractivity contribution in [1.29, 1.82) is 5.26 Å². The smallest absolute Gasteiger partial charge is 0.328 e. The van der Waals surface area contributed by atoms with Gasteiger partial charge in [0.05, 0.1) is 11.3 Å². The highest BCUT2D eigenvalue weighted by Crippen LogP contribution is 2.39. The lowest BCUT2D eigenvalue weighted by molar-refractivity contribution is -0.131. The van der Waals surface area contributed by atoms with Gasteiger partial charge in [-0.15, -0.1) is 0 Å². The maximum atomic E-state index is 10.5. The molecule has 0 aliphatic heterocycles. The molecule has 0 heterocycles. The van der Waals surface area contributed by atoms with Crippen LogP contribution in [0.2, 0.25) is 0 Å². The van der Waals surface area contributed by atoms with Gasteiger partial charge in [-0.3, -0.25) is 0 Å². The van der Waals surface area contributed by atoms with Crippen LogP contribution in [0.1, 0.15) is 24.5 Å². The molecule has 0 radical (unpaired) electrons. The fourth-order valence-electron chi connectivity index (χ4n) is 2.35. The number of nitriles is 1. The second kappa shape index (κ2) is 5.79. The highest BCUT2D eigenvalue weighted by atomic mass is 16.4. The van der Waals surface area contributed by atoms with Crippen LogP contribution in [0, 0.1) is 23.2 Å². The van der Waals surface area contributed by atoms with E-state index in [1.165, 1.54) is 12.5 Å². The predicted octanol–water partition coefficient (Wildman–Crippen LogP) is 2.75. The summed E-state index contributed by atoms with van der Waals surface area (Å²) in [7, 11) is 1.99. The number of benzene rings is 1. The molecule has 2 rings (SSSR count). The SMILES string of the molecule is CC1CC1CN(C)c1ccc(/C=C/C(=O)O)cc1C#N. The Morgan fingerprint density at radius 2 is 2.30 bits per heavy atom. The molecule has 104 valence electrons. The van der Waals surface area contributed by atoms with E-state index in [0.717, 1.165) is 35.7 Å². The van der Waals surface area contributed by atoms with Crippen molar-refractivity contribution < 1.29 is 9.90 Å². The van der Waals surface area contributed by atoms with Crippen molar-refractivity contribution in [2.45, 2.75) is 13.3 Å². The summed E-state index contributed by atoms with van der Waals surface area (Å²) in [5, 5.41) is 17.9. The molecule has 1 aliphatic rings. The van der Waals surface area contributed by atoms with E-state index in [1.54, 1.807) is 6.07 Å². The quantitative estimate of drug-likeness (QED) is 0.836. The van der Waals surface area contributed by atoms with Crippen molar-refractivity contribution in [2.24, 2.45) is 11.8 Å². The van der Waals surface area contributed by atoms with Gasteiger partial charge in [-0.05, 0) is 42.0 Å². The Morgan fingerprint density at radius 1 is 1.60 bits per heavy atom. The van der Waals surface area contributed by atoms with Gasteiger partial charge >= 0.3 is 5.97 Å². The number of aliphatic carboxylic acids is 1. The molecule has 0 aromatic heterocycles. The minimum atomic E-state index is -0.993. The van der Waals surface area contributed by atoms with Gasteiger partial charge in [-0.1, -0.05) is 13.0 Å². The van der Waals surface area contributed by atoms with E-state index >= 15 is 0 Å². The fraction of sp³-hybridized carbons (Fsp3) is 0.375. The van der Waals surface area contributed by atoms with E-state index in [0.29, 0.717) is 5.56 Å². The molecule has 1 saturated carbocycles. The molecule has 2 atom stereocenters. The van der Waals surface area contributed by atoms with E-state index < -0.39 is 5.97 Å². The number of carbonyl (C=O) groups is 1. The number of carboxylic acids is 1. The van der Waals surface area contributed by atoms with Gasteiger partial charge in [-0.25, -0.2) is 4.79 Å². The van der Waals surface area contributed by atoms with Gasteiger partial charge < -0.3 is 10.0 Å². The van der Waals surface area contributed by atoms with E-state index in [4.69, 9.17) is 5.11 Å². The van der Waals surface area contributed by atoms with Crippen LogP contribution in [0.5, 0.6) is 0 Å². The molecule has 1 aromatic carbocycles. The molecule has 0 amide bonds. The molecule has 4 nitrogen and oxygen atoms in total. The average Bonchev–Trinajstić information content (AvgIpc) is 3.11.